The summed E-state index contributed by atoms with van der Waals surface area (Å²) in [5.74, 6) is -0.519. The lowest BCUT2D eigenvalue weighted by atomic mass is 9.99. The molecule has 0 spiro atoms. The molecular weight excluding hydrogens is 321 g/mol. The number of halogens is 2. The van der Waals surface area contributed by atoms with Crippen molar-refractivity contribution in [3.8, 4) is 0 Å². The number of benzene rings is 1. The Bertz CT molecular complexity index is 720. The topological polar surface area (TPSA) is 54.5 Å². The summed E-state index contributed by atoms with van der Waals surface area (Å²) in [7, 11) is -3.84. The molecule has 0 atom stereocenters. The molecule has 0 saturated heterocycles. The molecule has 1 aromatic rings. The number of hydrogen-bond donors (Lipinski definition) is 0. The summed E-state index contributed by atoms with van der Waals surface area (Å²) in [6, 6.07) is 4.64. The van der Waals surface area contributed by atoms with Crippen LogP contribution < -0.4 is 4.31 Å². The first-order valence-electron chi connectivity index (χ1n) is 6.20. The molecule has 1 aliphatic heterocycles. The van der Waals surface area contributed by atoms with Gasteiger partial charge in [-0.25, -0.2) is 8.42 Å². The number of allylic oxidation sites excluding steroid dienone is 1. The van der Waals surface area contributed by atoms with Crippen molar-refractivity contribution in [1.29, 1.82) is 0 Å². The molecule has 20 heavy (non-hydrogen) atoms. The van der Waals surface area contributed by atoms with Crippen molar-refractivity contribution in [3.63, 3.8) is 0 Å². The molecule has 0 fully saturated rings. The minimum Gasteiger partial charge on any atom is -0.268 e. The normalized spacial score (nSPS) is 21.3. The van der Waals surface area contributed by atoms with E-state index in [-0.39, 0.29) is 20.6 Å². The Labute approximate surface area is 127 Å². The van der Waals surface area contributed by atoms with Crippen LogP contribution in [0.15, 0.2) is 28.7 Å². The van der Waals surface area contributed by atoms with E-state index in [4.69, 9.17) is 23.2 Å². The minimum atomic E-state index is -3.84. The van der Waals surface area contributed by atoms with Gasteiger partial charge in [-0.15, -0.1) is 0 Å². The van der Waals surface area contributed by atoms with Crippen molar-refractivity contribution in [2.75, 3.05) is 4.31 Å². The Balaban J connectivity index is 2.20. The Morgan fingerprint density at radius 1 is 1.05 bits per heavy atom. The van der Waals surface area contributed by atoms with Crippen molar-refractivity contribution in [2.24, 2.45) is 0 Å². The molecule has 0 bridgehead atoms. The summed E-state index contributed by atoms with van der Waals surface area (Å²) in [4.78, 5) is 12.7. The predicted octanol–water partition coefficient (Wildman–Crippen LogP) is 3.50. The second-order valence-electron chi connectivity index (χ2n) is 4.75. The molecule has 0 aromatic heterocycles. The smallest absolute Gasteiger partial charge is 0.268 e. The number of rotatable bonds is 1. The molecule has 2 aliphatic rings. The number of carbonyl (C=O) groups excluding carboxylic acids is 1. The minimum absolute atomic E-state index is 0.0511. The molecular formula is C13H11Cl2NO3S. The molecule has 1 heterocycles. The predicted molar refractivity (Wildman–Crippen MR) is 78.4 cm³/mol. The van der Waals surface area contributed by atoms with Crippen molar-refractivity contribution < 1.29 is 13.2 Å². The number of anilines is 1. The molecule has 1 aromatic carbocycles. The van der Waals surface area contributed by atoms with E-state index in [0.29, 0.717) is 18.4 Å². The summed E-state index contributed by atoms with van der Waals surface area (Å²) >= 11 is 12.1. The van der Waals surface area contributed by atoms with Gasteiger partial charge in [-0.2, -0.15) is 4.31 Å². The first-order valence-corrected chi connectivity index (χ1v) is 8.40. The van der Waals surface area contributed by atoms with Gasteiger partial charge in [0.05, 0.1) is 20.6 Å². The molecule has 4 nitrogen and oxygen atoms in total. The van der Waals surface area contributed by atoms with E-state index in [1.165, 1.54) is 12.1 Å². The van der Waals surface area contributed by atoms with Gasteiger partial charge in [0.2, 0.25) is 0 Å². The maximum Gasteiger partial charge on any atom is 0.269 e. The zero-order chi connectivity index (χ0) is 14.5. The van der Waals surface area contributed by atoms with E-state index in [9.17, 15) is 13.2 Å². The van der Waals surface area contributed by atoms with Gasteiger partial charge in [0.25, 0.3) is 15.9 Å². The van der Waals surface area contributed by atoms with Crippen molar-refractivity contribution in [3.05, 3.63) is 38.7 Å². The van der Waals surface area contributed by atoms with Crippen LogP contribution in [0.25, 0.3) is 0 Å². The molecule has 0 saturated carbocycles. The first-order chi connectivity index (χ1) is 9.44. The first kappa shape index (κ1) is 13.9. The lowest BCUT2D eigenvalue weighted by Gasteiger charge is -2.19. The summed E-state index contributed by atoms with van der Waals surface area (Å²) < 4.78 is 25.9. The van der Waals surface area contributed by atoms with Crippen LogP contribution in [0.2, 0.25) is 10.0 Å². The van der Waals surface area contributed by atoms with E-state index in [0.717, 1.165) is 17.1 Å². The van der Waals surface area contributed by atoms with Crippen LogP contribution in [0.5, 0.6) is 0 Å². The zero-order valence-corrected chi connectivity index (χ0v) is 12.7. The Kier molecular flexibility index (Phi) is 3.31. The van der Waals surface area contributed by atoms with Gasteiger partial charge in [0.1, 0.15) is 0 Å². The van der Waals surface area contributed by atoms with Crippen LogP contribution in [-0.4, -0.2) is 14.3 Å². The lowest BCUT2D eigenvalue weighted by Crippen LogP contribution is -2.32. The van der Waals surface area contributed by atoms with Crippen LogP contribution >= 0.6 is 23.2 Å². The second-order valence-corrected chi connectivity index (χ2v) is 7.38. The highest BCUT2D eigenvalue weighted by Crippen LogP contribution is 2.44. The number of hydrogen-bond acceptors (Lipinski definition) is 3. The highest BCUT2D eigenvalue weighted by atomic mass is 35.5. The lowest BCUT2D eigenvalue weighted by molar-refractivity contribution is -0.114. The Hall–Kier alpha value is -1.04. The van der Waals surface area contributed by atoms with Crippen LogP contribution in [0.3, 0.4) is 0 Å². The molecule has 7 heteroatoms. The fraction of sp³-hybridized carbons (Fsp3) is 0.308. The number of nitrogens with zero attached hydrogens (tertiary/aromatic N) is 1. The monoisotopic (exact) mass is 331 g/mol. The molecule has 106 valence electrons. The SMILES string of the molecule is O=C1C2=C(CCCC2)S(=O)(=O)N1c1c(Cl)cccc1Cl. The van der Waals surface area contributed by atoms with E-state index in [2.05, 4.69) is 0 Å². The average molecular weight is 332 g/mol. The largest absolute Gasteiger partial charge is 0.269 e. The highest BCUT2D eigenvalue weighted by molar-refractivity contribution is 7.98. The van der Waals surface area contributed by atoms with E-state index < -0.39 is 15.9 Å². The third-order valence-electron chi connectivity index (χ3n) is 3.55. The maximum atomic E-state index is 12.6. The van der Waals surface area contributed by atoms with Crippen LogP contribution in [0, 0.1) is 0 Å². The Morgan fingerprint density at radius 2 is 1.65 bits per heavy atom. The second kappa shape index (κ2) is 4.76. The molecule has 0 radical (unpaired) electrons. The average Bonchev–Trinajstić information content (AvgIpc) is 2.60. The van der Waals surface area contributed by atoms with Crippen molar-refractivity contribution >= 4 is 44.8 Å². The number of carbonyl (C=O) groups is 1. The number of sulfonamides is 1. The fourth-order valence-electron chi connectivity index (χ4n) is 2.64. The number of amides is 1. The molecule has 3 rings (SSSR count). The van der Waals surface area contributed by atoms with E-state index in [1.54, 1.807) is 6.07 Å². The van der Waals surface area contributed by atoms with Gasteiger partial charge in [0, 0.05) is 5.57 Å². The Morgan fingerprint density at radius 3 is 2.25 bits per heavy atom. The van der Waals surface area contributed by atoms with Gasteiger partial charge >= 0.3 is 0 Å². The molecule has 1 amide bonds. The van der Waals surface area contributed by atoms with Gasteiger partial charge < -0.3 is 0 Å². The van der Waals surface area contributed by atoms with Crippen LogP contribution in [-0.2, 0) is 14.8 Å². The van der Waals surface area contributed by atoms with Crippen molar-refractivity contribution in [1.82, 2.24) is 0 Å². The van der Waals surface area contributed by atoms with Crippen LogP contribution in [0.4, 0.5) is 5.69 Å². The van der Waals surface area contributed by atoms with Gasteiger partial charge in [0.15, 0.2) is 0 Å². The van der Waals surface area contributed by atoms with E-state index in [1.807, 2.05) is 0 Å². The summed E-state index contributed by atoms with van der Waals surface area (Å²) in [5.41, 5.74) is 0.433. The maximum absolute atomic E-state index is 12.6. The van der Waals surface area contributed by atoms with Crippen LogP contribution in [0.1, 0.15) is 25.7 Å². The molecule has 0 N–H and O–H groups in total. The van der Waals surface area contributed by atoms with Gasteiger partial charge in [-0.3, -0.25) is 4.79 Å². The van der Waals surface area contributed by atoms with Gasteiger partial charge in [-0.05, 0) is 37.8 Å². The quantitative estimate of drug-likeness (QED) is 0.791. The summed E-state index contributed by atoms with van der Waals surface area (Å²) in [5, 5.41) is 0.295. The number of para-hydroxylation sites is 1. The van der Waals surface area contributed by atoms with Gasteiger partial charge in [-0.1, -0.05) is 29.3 Å². The third-order valence-corrected chi connectivity index (χ3v) is 6.06. The summed E-state index contributed by atoms with van der Waals surface area (Å²) in [6.07, 6.45) is 2.49. The van der Waals surface area contributed by atoms with Crippen molar-refractivity contribution in [2.45, 2.75) is 25.7 Å². The fourth-order valence-corrected chi connectivity index (χ4v) is 5.19. The zero-order valence-electron chi connectivity index (χ0n) is 10.4. The molecule has 0 unspecified atom stereocenters. The third kappa shape index (κ3) is 1.88. The highest BCUT2D eigenvalue weighted by Gasteiger charge is 2.46. The molecule has 1 aliphatic carbocycles. The van der Waals surface area contributed by atoms with E-state index >= 15 is 0 Å². The standard InChI is InChI=1S/C13H11Cl2NO3S/c14-9-5-3-6-10(15)12(9)16-13(17)8-4-1-2-7-11(8)20(16,18)19/h3,5-6H,1-2,4,7H2. The summed E-state index contributed by atoms with van der Waals surface area (Å²) in [6.45, 7) is 0.